The van der Waals surface area contributed by atoms with Gasteiger partial charge in [0.05, 0.1) is 19.6 Å². The van der Waals surface area contributed by atoms with Gasteiger partial charge >= 0.3 is 107 Å². The third-order valence-corrected chi connectivity index (χ3v) is 2.29. The van der Waals surface area contributed by atoms with Gasteiger partial charge in [-0.15, -0.1) is 0 Å². The molecule has 1 atom stereocenters. The summed E-state index contributed by atoms with van der Waals surface area (Å²) in [6.07, 6.45) is -1.02. The minimum Gasteiger partial charge on any atom is -0.480 e. The summed E-state index contributed by atoms with van der Waals surface area (Å²) >= 11 is 0. The zero-order valence-electron chi connectivity index (χ0n) is 13.5. The summed E-state index contributed by atoms with van der Waals surface area (Å²) in [6, 6.07) is 0. The molecule has 0 bridgehead atoms. The summed E-state index contributed by atoms with van der Waals surface area (Å²) in [5.74, 6) is -3.49. The van der Waals surface area contributed by atoms with Crippen LogP contribution in [0, 0.1) is 0 Å². The van der Waals surface area contributed by atoms with Gasteiger partial charge < -0.3 is 20.4 Å². The van der Waals surface area contributed by atoms with Crippen molar-refractivity contribution in [3.63, 3.8) is 0 Å². The number of carbonyl (C=O) groups is 3. The van der Waals surface area contributed by atoms with Crippen LogP contribution in [0.25, 0.3) is 0 Å². The number of hydrogen-bond acceptors (Lipinski definition) is 6. The summed E-state index contributed by atoms with van der Waals surface area (Å²) in [5, 5.41) is 35.2. The number of hydrogen-bond donors (Lipinski definition) is 4. The van der Waals surface area contributed by atoms with Gasteiger partial charge in [0.2, 0.25) is 0 Å². The van der Waals surface area contributed by atoms with Crippen molar-refractivity contribution in [1.29, 1.82) is 0 Å². The zero-order chi connectivity index (χ0) is 15.0. The maximum Gasteiger partial charge on any atom is 1.00 e. The molecule has 0 aliphatic heterocycles. The molecule has 12 heteroatoms. The van der Waals surface area contributed by atoms with Crippen LogP contribution < -0.4 is 88.7 Å². The maximum absolute atomic E-state index is 10.6. The van der Waals surface area contributed by atoms with E-state index in [1.54, 1.807) is 0 Å². The Morgan fingerprint density at radius 1 is 0.818 bits per heavy atom. The normalized spacial score (nSPS) is 10.9. The van der Waals surface area contributed by atoms with Gasteiger partial charge in [0, 0.05) is 13.1 Å². The third kappa shape index (κ3) is 17.6. The summed E-state index contributed by atoms with van der Waals surface area (Å²) in [6.45, 7) is 0.106. The van der Waals surface area contributed by atoms with Crippen LogP contribution >= 0.6 is 0 Å². The van der Waals surface area contributed by atoms with E-state index in [1.165, 1.54) is 11.8 Å². The molecule has 0 radical (unpaired) electrons. The van der Waals surface area contributed by atoms with Crippen molar-refractivity contribution in [3.05, 3.63) is 0 Å². The van der Waals surface area contributed by atoms with Crippen LogP contribution in [0.15, 0.2) is 0 Å². The molecule has 0 spiro atoms. The first-order valence-electron chi connectivity index (χ1n) is 5.52. The molecule has 0 aromatic heterocycles. The van der Waals surface area contributed by atoms with Crippen LogP contribution in [0.4, 0.5) is 0 Å². The topological polar surface area (TPSA) is 139 Å². The monoisotopic (exact) mass is 347 g/mol. The van der Waals surface area contributed by atoms with Gasteiger partial charge in [0.1, 0.15) is 6.23 Å². The Morgan fingerprint density at radius 2 is 1.18 bits per heavy atom. The largest absolute Gasteiger partial charge is 1.00 e. The molecule has 0 amide bonds. The fraction of sp³-hybridized carbons (Fsp3) is 0.700. The van der Waals surface area contributed by atoms with E-state index < -0.39 is 43.8 Å². The van der Waals surface area contributed by atoms with Crippen LogP contribution in [0.3, 0.4) is 0 Å². The van der Waals surface area contributed by atoms with E-state index in [9.17, 15) is 19.5 Å². The van der Waals surface area contributed by atoms with Crippen LogP contribution in [-0.4, -0.2) is 87.1 Å². The van der Waals surface area contributed by atoms with Gasteiger partial charge in [-0.2, -0.15) is 0 Å². The minimum absolute atomic E-state index is 0. The Morgan fingerprint density at radius 3 is 1.45 bits per heavy atom. The number of aliphatic hydroxyl groups is 1. The first kappa shape index (κ1) is 31.1. The molecular formula is C10H18N2Na3O7+3. The SMILES string of the molecule is CC(O)N(CCN(CC(=O)O)CC(=O)O)CC(=O)O.[Na+].[Na+].[Na+]. The average molecular weight is 347 g/mol. The Labute approximate surface area is 194 Å². The van der Waals surface area contributed by atoms with Crippen molar-refractivity contribution in [2.24, 2.45) is 0 Å². The third-order valence-electron chi connectivity index (χ3n) is 2.29. The van der Waals surface area contributed by atoms with Crippen LogP contribution in [0.2, 0.25) is 0 Å². The molecule has 22 heavy (non-hydrogen) atoms. The van der Waals surface area contributed by atoms with E-state index in [4.69, 9.17) is 15.3 Å². The molecule has 0 saturated carbocycles. The molecule has 0 aliphatic rings. The first-order chi connectivity index (χ1) is 8.72. The number of nitrogens with zero attached hydrogens (tertiary/aromatic N) is 2. The Kier molecular flexibility index (Phi) is 24.2. The molecule has 0 aliphatic carbocycles. The predicted molar refractivity (Wildman–Crippen MR) is 62.6 cm³/mol. The van der Waals surface area contributed by atoms with Gasteiger partial charge in [0.15, 0.2) is 0 Å². The summed E-state index contributed by atoms with van der Waals surface area (Å²) < 4.78 is 0. The number of carboxylic acid groups (broad SMARTS) is 3. The second-order valence-electron chi connectivity index (χ2n) is 3.99. The Hall–Kier alpha value is 1.29. The smallest absolute Gasteiger partial charge is 0.480 e. The fourth-order valence-electron chi connectivity index (χ4n) is 1.44. The van der Waals surface area contributed by atoms with E-state index in [0.29, 0.717) is 0 Å². The molecule has 0 heterocycles. The molecule has 0 saturated heterocycles. The standard InChI is InChI=1S/C10H18N2O7.3Na/c1-7(13)12(6-10(18)19)3-2-11(4-8(14)15)5-9(16)17;;;/h7,13H,2-6H2,1H3,(H,14,15)(H,16,17)(H,18,19);;;/q;3*+1. The number of aliphatic hydroxyl groups excluding tert-OH is 1. The predicted octanol–water partition coefficient (Wildman–Crippen LogP) is -10.8. The van der Waals surface area contributed by atoms with Gasteiger partial charge in [-0.3, -0.25) is 24.2 Å². The van der Waals surface area contributed by atoms with Crippen LogP contribution in [0.1, 0.15) is 6.92 Å². The number of aliphatic carboxylic acids is 3. The van der Waals surface area contributed by atoms with Crippen molar-refractivity contribution in [3.8, 4) is 0 Å². The first-order valence-corrected chi connectivity index (χ1v) is 5.52. The average Bonchev–Trinajstić information content (AvgIpc) is 2.21. The summed E-state index contributed by atoms with van der Waals surface area (Å²) in [7, 11) is 0. The maximum atomic E-state index is 10.6. The molecule has 1 unspecified atom stereocenters. The van der Waals surface area contributed by atoms with Crippen LogP contribution in [-0.2, 0) is 14.4 Å². The molecule has 4 N–H and O–H groups in total. The second-order valence-corrected chi connectivity index (χ2v) is 3.99. The quantitative estimate of drug-likeness (QED) is 0.224. The molecule has 110 valence electrons. The van der Waals surface area contributed by atoms with E-state index in [1.807, 2.05) is 0 Å². The number of rotatable bonds is 10. The van der Waals surface area contributed by atoms with Gasteiger partial charge in [0.25, 0.3) is 0 Å². The molecule has 0 aromatic rings. The Balaban J connectivity index is -0.000000540. The van der Waals surface area contributed by atoms with Crippen molar-refractivity contribution >= 4 is 17.9 Å². The second kappa shape index (κ2) is 17.1. The Bertz CT molecular complexity index is 328. The van der Waals surface area contributed by atoms with Crippen molar-refractivity contribution in [2.75, 3.05) is 32.7 Å². The van der Waals surface area contributed by atoms with Gasteiger partial charge in [-0.05, 0) is 6.92 Å². The van der Waals surface area contributed by atoms with Gasteiger partial charge in [-0.1, -0.05) is 0 Å². The van der Waals surface area contributed by atoms with Crippen LogP contribution in [0.5, 0.6) is 0 Å². The van der Waals surface area contributed by atoms with E-state index in [-0.39, 0.29) is 102 Å². The van der Waals surface area contributed by atoms with E-state index in [2.05, 4.69) is 0 Å². The van der Waals surface area contributed by atoms with E-state index in [0.717, 1.165) is 4.90 Å². The molecule has 0 aromatic carbocycles. The van der Waals surface area contributed by atoms with Gasteiger partial charge in [-0.25, -0.2) is 0 Å². The zero-order valence-corrected chi connectivity index (χ0v) is 19.5. The van der Waals surface area contributed by atoms with E-state index >= 15 is 0 Å². The molecule has 9 nitrogen and oxygen atoms in total. The summed E-state index contributed by atoms with van der Waals surface area (Å²) in [4.78, 5) is 34.0. The molecule has 0 rings (SSSR count). The summed E-state index contributed by atoms with van der Waals surface area (Å²) in [5.41, 5.74) is 0. The fourth-order valence-corrected chi connectivity index (χ4v) is 1.44. The molecule has 0 fully saturated rings. The van der Waals surface area contributed by atoms with Crippen molar-refractivity contribution in [2.45, 2.75) is 13.2 Å². The van der Waals surface area contributed by atoms with Crippen molar-refractivity contribution in [1.82, 2.24) is 9.80 Å². The van der Waals surface area contributed by atoms with Crippen molar-refractivity contribution < 1.29 is 123 Å². The number of carboxylic acids is 3. The minimum atomic E-state index is -1.18. The molecular weight excluding hydrogens is 329 g/mol.